The number of ether oxygens (including phenoxy) is 1. The molecule has 0 atom stereocenters. The average Bonchev–Trinajstić information content (AvgIpc) is 2.29. The van der Waals surface area contributed by atoms with Gasteiger partial charge >= 0.3 is 17.8 Å². The van der Waals surface area contributed by atoms with Crippen LogP contribution < -0.4 is 10.1 Å². The number of alkyl halides is 3. The number of anilines is 1. The number of amides is 1. The lowest BCUT2D eigenvalue weighted by molar-refractivity contribution is -0.387. The normalized spacial score (nSPS) is 11.0. The third kappa shape index (κ3) is 3.30. The van der Waals surface area contributed by atoms with E-state index in [4.69, 9.17) is 0 Å². The van der Waals surface area contributed by atoms with E-state index in [1.165, 1.54) is 5.32 Å². The summed E-state index contributed by atoms with van der Waals surface area (Å²) in [5.41, 5.74) is -1.74. The van der Waals surface area contributed by atoms with Crippen molar-refractivity contribution in [3.63, 3.8) is 0 Å². The smallest absolute Gasteiger partial charge is 0.471 e. The third-order valence-corrected chi connectivity index (χ3v) is 1.97. The Kier molecular flexibility index (Phi) is 3.92. The van der Waals surface area contributed by atoms with Crippen LogP contribution in [0.2, 0.25) is 0 Å². The van der Waals surface area contributed by atoms with E-state index in [0.29, 0.717) is 12.1 Å². The van der Waals surface area contributed by atoms with E-state index in [2.05, 4.69) is 4.74 Å². The summed E-state index contributed by atoms with van der Waals surface area (Å²) in [5, 5.41) is 11.8. The summed E-state index contributed by atoms with van der Waals surface area (Å²) in [6, 6.07) is 0.946. The molecule has 0 fully saturated rings. The number of nitrogens with one attached hydrogen (secondary N) is 1. The van der Waals surface area contributed by atoms with Crippen molar-refractivity contribution >= 4 is 17.3 Å². The van der Waals surface area contributed by atoms with Crippen LogP contribution in [0.1, 0.15) is 0 Å². The molecule has 0 aromatic heterocycles. The minimum absolute atomic E-state index is 0.442. The van der Waals surface area contributed by atoms with Crippen molar-refractivity contribution in [1.82, 2.24) is 0 Å². The molecule has 0 radical (unpaired) electrons. The predicted molar refractivity (Wildman–Crippen MR) is 54.3 cm³/mol. The Balaban J connectivity index is 3.22. The van der Waals surface area contributed by atoms with Gasteiger partial charge in [-0.25, -0.2) is 0 Å². The van der Waals surface area contributed by atoms with Gasteiger partial charge in [-0.3, -0.25) is 14.9 Å². The fraction of sp³-hybridized carbons (Fsp3) is 0.222. The first-order valence-electron chi connectivity index (χ1n) is 4.57. The molecule has 104 valence electrons. The highest BCUT2D eigenvalue weighted by Crippen LogP contribution is 2.32. The van der Waals surface area contributed by atoms with Gasteiger partial charge in [0.05, 0.1) is 17.7 Å². The van der Waals surface area contributed by atoms with Gasteiger partial charge in [0.25, 0.3) is 0 Å². The van der Waals surface area contributed by atoms with Crippen molar-refractivity contribution < 1.29 is 32.0 Å². The molecule has 1 amide bonds. The van der Waals surface area contributed by atoms with Gasteiger partial charge in [-0.1, -0.05) is 0 Å². The summed E-state index contributed by atoms with van der Waals surface area (Å²) in [6.45, 7) is 0. The minimum atomic E-state index is -5.19. The van der Waals surface area contributed by atoms with E-state index < -0.39 is 39.9 Å². The second-order valence-corrected chi connectivity index (χ2v) is 3.21. The van der Waals surface area contributed by atoms with Gasteiger partial charge in [0.1, 0.15) is 5.75 Å². The van der Waals surface area contributed by atoms with Crippen LogP contribution in [0.15, 0.2) is 12.1 Å². The topological polar surface area (TPSA) is 81.5 Å². The zero-order valence-corrected chi connectivity index (χ0v) is 9.25. The lowest BCUT2D eigenvalue weighted by atomic mass is 10.2. The number of nitrogens with zero attached hydrogens (tertiary/aromatic N) is 1. The van der Waals surface area contributed by atoms with Crippen LogP contribution in [0.5, 0.6) is 5.75 Å². The summed E-state index contributed by atoms with van der Waals surface area (Å²) in [7, 11) is 1.00. The lowest BCUT2D eigenvalue weighted by Gasteiger charge is -2.11. The molecule has 0 aliphatic rings. The van der Waals surface area contributed by atoms with Crippen molar-refractivity contribution in [2.45, 2.75) is 6.18 Å². The molecular weight excluding hydrogens is 276 g/mol. The number of methoxy groups -OCH3 is 1. The maximum atomic E-state index is 13.2. The van der Waals surface area contributed by atoms with Gasteiger partial charge < -0.3 is 10.1 Å². The molecule has 19 heavy (non-hydrogen) atoms. The Labute approximate surface area is 103 Å². The third-order valence-electron chi connectivity index (χ3n) is 1.97. The minimum Gasteiger partial charge on any atom is -0.494 e. The Bertz CT molecular complexity index is 530. The van der Waals surface area contributed by atoms with Gasteiger partial charge in [0.15, 0.2) is 0 Å². The number of benzene rings is 1. The van der Waals surface area contributed by atoms with E-state index >= 15 is 0 Å². The molecule has 1 N–H and O–H groups in total. The van der Waals surface area contributed by atoms with Crippen LogP contribution in [-0.2, 0) is 4.79 Å². The molecule has 1 aromatic carbocycles. The van der Waals surface area contributed by atoms with Crippen molar-refractivity contribution in [1.29, 1.82) is 0 Å². The van der Waals surface area contributed by atoms with Gasteiger partial charge in [-0.05, 0) is 0 Å². The number of carbonyl (C=O) groups is 1. The number of hydrogen-bond acceptors (Lipinski definition) is 4. The quantitative estimate of drug-likeness (QED) is 0.523. The predicted octanol–water partition coefficient (Wildman–Crippen LogP) is 2.24. The molecule has 10 heteroatoms. The molecular formula is C9H6F4N2O4. The molecule has 0 heterocycles. The first-order chi connectivity index (χ1) is 8.66. The molecule has 0 bridgehead atoms. The molecule has 0 unspecified atom stereocenters. The van der Waals surface area contributed by atoms with Crippen molar-refractivity contribution in [3.8, 4) is 5.75 Å². The fourth-order valence-electron chi connectivity index (χ4n) is 1.14. The van der Waals surface area contributed by atoms with E-state index in [0.717, 1.165) is 7.11 Å². The Morgan fingerprint density at radius 1 is 1.42 bits per heavy atom. The van der Waals surface area contributed by atoms with E-state index in [-0.39, 0.29) is 0 Å². The van der Waals surface area contributed by atoms with Crippen molar-refractivity contribution in [2.75, 3.05) is 12.4 Å². The standard InChI is InChI=1S/C9H6F4N2O4/c1-19-7-2-4(10)6(15(17)18)3-5(7)14-8(16)9(11,12)13/h2-3H,1H3,(H,14,16). The van der Waals surface area contributed by atoms with Gasteiger partial charge in [0, 0.05) is 12.1 Å². The zero-order chi connectivity index (χ0) is 14.8. The monoisotopic (exact) mass is 282 g/mol. The van der Waals surface area contributed by atoms with E-state index in [1.807, 2.05) is 0 Å². The van der Waals surface area contributed by atoms with E-state index in [1.54, 1.807) is 0 Å². The number of rotatable bonds is 3. The first kappa shape index (κ1) is 14.7. The average molecular weight is 282 g/mol. The Morgan fingerprint density at radius 3 is 2.42 bits per heavy atom. The summed E-state index contributed by atoms with van der Waals surface area (Å²) in [5.74, 6) is -4.13. The molecule has 1 rings (SSSR count). The molecule has 0 aliphatic heterocycles. The first-order valence-corrected chi connectivity index (χ1v) is 4.57. The van der Waals surface area contributed by atoms with E-state index in [9.17, 15) is 32.5 Å². The summed E-state index contributed by atoms with van der Waals surface area (Å²) < 4.78 is 53.9. The van der Waals surface area contributed by atoms with Gasteiger partial charge in [0.2, 0.25) is 5.82 Å². The highest BCUT2D eigenvalue weighted by molar-refractivity contribution is 5.96. The maximum Gasteiger partial charge on any atom is 0.471 e. The number of nitro benzene ring substituents is 1. The van der Waals surface area contributed by atoms with Crippen LogP contribution in [-0.4, -0.2) is 24.1 Å². The second-order valence-electron chi connectivity index (χ2n) is 3.21. The molecule has 0 saturated heterocycles. The van der Waals surface area contributed by atoms with Gasteiger partial charge in [-0.2, -0.15) is 17.6 Å². The highest BCUT2D eigenvalue weighted by atomic mass is 19.4. The Hall–Kier alpha value is -2.39. The van der Waals surface area contributed by atoms with Gasteiger partial charge in [-0.15, -0.1) is 0 Å². The number of nitro groups is 1. The molecule has 0 saturated carbocycles. The lowest BCUT2D eigenvalue weighted by Crippen LogP contribution is -2.30. The van der Waals surface area contributed by atoms with Crippen LogP contribution in [0.4, 0.5) is 28.9 Å². The van der Waals surface area contributed by atoms with Crippen molar-refractivity contribution in [2.24, 2.45) is 0 Å². The summed E-state index contributed by atoms with van der Waals surface area (Å²) >= 11 is 0. The van der Waals surface area contributed by atoms with Crippen LogP contribution in [0.3, 0.4) is 0 Å². The largest absolute Gasteiger partial charge is 0.494 e. The molecule has 0 aliphatic carbocycles. The highest BCUT2D eigenvalue weighted by Gasteiger charge is 2.39. The number of carbonyl (C=O) groups excluding carboxylic acids is 1. The maximum absolute atomic E-state index is 13.2. The molecule has 0 spiro atoms. The molecule has 1 aromatic rings. The van der Waals surface area contributed by atoms with Crippen LogP contribution in [0, 0.1) is 15.9 Å². The van der Waals surface area contributed by atoms with Crippen LogP contribution >= 0.6 is 0 Å². The number of halogens is 4. The summed E-state index contributed by atoms with van der Waals surface area (Å²) in [4.78, 5) is 20.0. The van der Waals surface area contributed by atoms with Crippen molar-refractivity contribution in [3.05, 3.63) is 28.1 Å². The SMILES string of the molecule is COc1cc(F)c([N+](=O)[O-])cc1NC(=O)C(F)(F)F. The fourth-order valence-corrected chi connectivity index (χ4v) is 1.14. The Morgan fingerprint density at radius 2 is 2.00 bits per heavy atom. The second kappa shape index (κ2) is 5.08. The van der Waals surface area contributed by atoms with Crippen LogP contribution in [0.25, 0.3) is 0 Å². The summed E-state index contributed by atoms with van der Waals surface area (Å²) in [6.07, 6.45) is -5.19. The zero-order valence-electron chi connectivity index (χ0n) is 9.25. The number of hydrogen-bond donors (Lipinski definition) is 1. The molecule has 6 nitrogen and oxygen atoms in total.